The number of nitrogens with one attached hydrogen (secondary N) is 1. The third-order valence-corrected chi connectivity index (χ3v) is 5.97. The van der Waals surface area contributed by atoms with Gasteiger partial charge in [0.15, 0.2) is 0 Å². The van der Waals surface area contributed by atoms with Crippen molar-refractivity contribution in [1.82, 2.24) is 14.2 Å². The zero-order valence-corrected chi connectivity index (χ0v) is 14.0. The summed E-state index contributed by atoms with van der Waals surface area (Å²) >= 11 is 1.44. The van der Waals surface area contributed by atoms with E-state index in [9.17, 15) is 4.79 Å². The average Bonchev–Trinajstić information content (AvgIpc) is 2.97. The van der Waals surface area contributed by atoms with Gasteiger partial charge in [-0.2, -0.15) is 4.37 Å². The molecule has 0 spiro atoms. The number of carbonyl (C=O) groups is 1. The maximum Gasteiger partial charge on any atom is 0.258 e. The number of aryl methyl sites for hydroxylation is 1. The number of rotatable bonds is 4. The summed E-state index contributed by atoms with van der Waals surface area (Å²) in [6.07, 6.45) is 6.17. The molecule has 1 unspecified atom stereocenters. The molecular formula is C16H24N4OS. The Balaban J connectivity index is 1.46. The summed E-state index contributed by atoms with van der Waals surface area (Å²) in [6.45, 7) is 6.14. The Bertz CT molecular complexity index is 562. The molecule has 1 aromatic rings. The molecule has 3 fully saturated rings. The monoisotopic (exact) mass is 320 g/mol. The predicted molar refractivity (Wildman–Crippen MR) is 88.6 cm³/mol. The van der Waals surface area contributed by atoms with E-state index in [2.05, 4.69) is 14.6 Å². The molecule has 1 aliphatic carbocycles. The number of likely N-dealkylation sites (tertiary alicyclic amines) is 2. The molecule has 0 bridgehead atoms. The molecule has 6 heteroatoms. The number of anilines is 1. The smallest absolute Gasteiger partial charge is 0.258 e. The fourth-order valence-electron chi connectivity index (χ4n) is 3.62. The molecule has 22 heavy (non-hydrogen) atoms. The highest BCUT2D eigenvalue weighted by Gasteiger charge is 2.34. The van der Waals surface area contributed by atoms with Crippen molar-refractivity contribution in [3.8, 4) is 0 Å². The van der Waals surface area contributed by atoms with Crippen molar-refractivity contribution < 1.29 is 4.79 Å². The van der Waals surface area contributed by atoms with E-state index in [0.717, 1.165) is 35.8 Å². The number of hydrogen-bond donors (Lipinski definition) is 1. The summed E-state index contributed by atoms with van der Waals surface area (Å²) in [6, 6.07) is 1.13. The van der Waals surface area contributed by atoms with Crippen molar-refractivity contribution >= 4 is 22.4 Å². The van der Waals surface area contributed by atoms with Crippen LogP contribution >= 0.6 is 11.5 Å². The molecule has 2 aliphatic heterocycles. The van der Waals surface area contributed by atoms with E-state index in [0.29, 0.717) is 12.1 Å². The zero-order chi connectivity index (χ0) is 15.1. The van der Waals surface area contributed by atoms with Gasteiger partial charge < -0.3 is 10.2 Å². The van der Waals surface area contributed by atoms with Crippen LogP contribution in [0, 0.1) is 6.92 Å². The number of amides is 1. The van der Waals surface area contributed by atoms with Gasteiger partial charge in [0.05, 0.1) is 11.3 Å². The second-order valence-corrected chi connectivity index (χ2v) is 7.60. The third-order valence-electron chi connectivity index (χ3n) is 5.10. The van der Waals surface area contributed by atoms with E-state index in [1.807, 2.05) is 11.8 Å². The largest absolute Gasteiger partial charge is 0.372 e. The normalized spacial score (nSPS) is 25.9. The van der Waals surface area contributed by atoms with Crippen molar-refractivity contribution in [3.63, 3.8) is 0 Å². The maximum absolute atomic E-state index is 12.9. The number of aromatic nitrogens is 1. The molecule has 1 saturated carbocycles. The minimum Gasteiger partial charge on any atom is -0.372 e. The summed E-state index contributed by atoms with van der Waals surface area (Å²) in [5, 5.41) is 4.46. The molecule has 2 saturated heterocycles. The summed E-state index contributed by atoms with van der Waals surface area (Å²) in [5.41, 5.74) is 1.70. The van der Waals surface area contributed by atoms with Crippen LogP contribution in [0.1, 0.15) is 48.2 Å². The summed E-state index contributed by atoms with van der Waals surface area (Å²) in [5.74, 6) is 0.177. The van der Waals surface area contributed by atoms with E-state index < -0.39 is 0 Å². The molecule has 3 heterocycles. The van der Waals surface area contributed by atoms with Crippen molar-refractivity contribution in [2.24, 2.45) is 0 Å². The molecule has 0 radical (unpaired) electrons. The fourth-order valence-corrected chi connectivity index (χ4v) is 4.49. The lowest BCUT2D eigenvalue weighted by atomic mass is 10.2. The zero-order valence-electron chi connectivity index (χ0n) is 13.2. The Hall–Kier alpha value is -1.14. The number of nitrogens with zero attached hydrogens (tertiary/aromatic N) is 3. The molecule has 0 aromatic carbocycles. The Labute approximate surface area is 135 Å². The van der Waals surface area contributed by atoms with Crippen molar-refractivity contribution in [1.29, 1.82) is 0 Å². The van der Waals surface area contributed by atoms with Gasteiger partial charge in [0.25, 0.3) is 5.91 Å². The van der Waals surface area contributed by atoms with E-state index in [-0.39, 0.29) is 5.91 Å². The molecule has 1 atom stereocenters. The fraction of sp³-hybridized carbons (Fsp3) is 0.750. The first-order valence-electron chi connectivity index (χ1n) is 8.48. The van der Waals surface area contributed by atoms with Crippen LogP contribution in [0.25, 0.3) is 0 Å². The van der Waals surface area contributed by atoms with E-state index in [1.54, 1.807) is 0 Å². The molecule has 5 nitrogen and oxygen atoms in total. The lowest BCUT2D eigenvalue weighted by molar-refractivity contribution is 0.0780. The first-order chi connectivity index (χ1) is 10.7. The molecule has 4 rings (SSSR count). The van der Waals surface area contributed by atoms with Crippen molar-refractivity contribution in [2.75, 3.05) is 31.5 Å². The van der Waals surface area contributed by atoms with Gasteiger partial charge >= 0.3 is 0 Å². The van der Waals surface area contributed by atoms with Crippen LogP contribution in [0.3, 0.4) is 0 Å². The highest BCUT2D eigenvalue weighted by Crippen LogP contribution is 2.33. The van der Waals surface area contributed by atoms with Gasteiger partial charge in [-0.1, -0.05) is 0 Å². The number of hydrogen-bond acceptors (Lipinski definition) is 5. The van der Waals surface area contributed by atoms with Gasteiger partial charge in [-0.3, -0.25) is 9.69 Å². The second kappa shape index (κ2) is 5.81. The van der Waals surface area contributed by atoms with Crippen molar-refractivity contribution in [3.05, 3.63) is 11.3 Å². The lowest BCUT2D eigenvalue weighted by Gasteiger charge is -2.23. The van der Waals surface area contributed by atoms with Crippen LogP contribution in [-0.2, 0) is 0 Å². The second-order valence-electron chi connectivity index (χ2n) is 6.83. The van der Waals surface area contributed by atoms with Crippen LogP contribution in [0.15, 0.2) is 0 Å². The molecule has 120 valence electrons. The molecule has 1 amide bonds. The third kappa shape index (κ3) is 2.74. The topological polar surface area (TPSA) is 48.5 Å². The van der Waals surface area contributed by atoms with Gasteiger partial charge in [0.2, 0.25) is 0 Å². The summed E-state index contributed by atoms with van der Waals surface area (Å²) < 4.78 is 4.41. The number of carbonyl (C=O) groups excluding carboxylic acids is 1. The van der Waals surface area contributed by atoms with Crippen LogP contribution in [0.4, 0.5) is 5.00 Å². The lowest BCUT2D eigenvalue weighted by Crippen LogP contribution is -2.37. The van der Waals surface area contributed by atoms with E-state index in [1.165, 1.54) is 50.3 Å². The quantitative estimate of drug-likeness (QED) is 0.925. The highest BCUT2D eigenvalue weighted by molar-refractivity contribution is 7.10. The molecular weight excluding hydrogens is 296 g/mol. The van der Waals surface area contributed by atoms with Crippen molar-refractivity contribution in [2.45, 2.75) is 51.1 Å². The predicted octanol–water partition coefficient (Wildman–Crippen LogP) is 2.34. The summed E-state index contributed by atoms with van der Waals surface area (Å²) in [7, 11) is 0. The molecule has 1 N–H and O–H groups in total. The first kappa shape index (κ1) is 14.5. The van der Waals surface area contributed by atoms with Gasteiger partial charge in [-0.25, -0.2) is 0 Å². The first-order valence-corrected chi connectivity index (χ1v) is 9.26. The van der Waals surface area contributed by atoms with Crippen LogP contribution in [0.2, 0.25) is 0 Å². The highest BCUT2D eigenvalue weighted by atomic mass is 32.1. The SMILES string of the molecule is Cc1nsc(NC2CC2)c1C(=O)N1CCC(N2CCCC2)C1. The van der Waals surface area contributed by atoms with Crippen LogP contribution in [0.5, 0.6) is 0 Å². The molecule has 3 aliphatic rings. The maximum atomic E-state index is 12.9. The van der Waals surface area contributed by atoms with Gasteiger partial charge in [0.1, 0.15) is 5.00 Å². The Kier molecular flexibility index (Phi) is 3.82. The minimum absolute atomic E-state index is 0.177. The summed E-state index contributed by atoms with van der Waals surface area (Å²) in [4.78, 5) is 17.6. The Morgan fingerprint density at radius 1 is 1.23 bits per heavy atom. The van der Waals surface area contributed by atoms with Gasteiger partial charge in [-0.15, -0.1) is 0 Å². The average molecular weight is 320 g/mol. The van der Waals surface area contributed by atoms with E-state index >= 15 is 0 Å². The Morgan fingerprint density at radius 3 is 2.73 bits per heavy atom. The molecule has 1 aromatic heterocycles. The van der Waals surface area contributed by atoms with Crippen LogP contribution in [-0.4, -0.2) is 58.3 Å². The minimum atomic E-state index is 0.177. The van der Waals surface area contributed by atoms with E-state index in [4.69, 9.17) is 0 Å². The van der Waals surface area contributed by atoms with Crippen LogP contribution < -0.4 is 5.32 Å². The standard InChI is InChI=1S/C16H24N4OS/c1-11-14(15(22-18-11)17-12-4-5-12)16(21)20-9-6-13(10-20)19-7-2-3-8-19/h12-13,17H,2-10H2,1H3. The van der Waals surface area contributed by atoms with Gasteiger partial charge in [-0.05, 0) is 63.6 Å². The Morgan fingerprint density at radius 2 is 2.00 bits per heavy atom. The van der Waals surface area contributed by atoms with Gasteiger partial charge in [0, 0.05) is 25.2 Å².